The summed E-state index contributed by atoms with van der Waals surface area (Å²) in [6.07, 6.45) is 0. The van der Waals surface area contributed by atoms with E-state index >= 15 is 0 Å². The van der Waals surface area contributed by atoms with Crippen molar-refractivity contribution in [2.45, 2.75) is 18.9 Å². The van der Waals surface area contributed by atoms with Gasteiger partial charge in [0.1, 0.15) is 5.75 Å². The van der Waals surface area contributed by atoms with Gasteiger partial charge in [0.2, 0.25) is 7.29 Å². The molecule has 0 aliphatic carbocycles. The lowest BCUT2D eigenvalue weighted by Crippen LogP contribution is -2.33. The van der Waals surface area contributed by atoms with Gasteiger partial charge >= 0.3 is 0 Å². The van der Waals surface area contributed by atoms with Gasteiger partial charge in [-0.1, -0.05) is 85.8 Å². The van der Waals surface area contributed by atoms with Crippen LogP contribution < -0.4 is 20.4 Å². The van der Waals surface area contributed by atoms with Crippen LogP contribution in [0.25, 0.3) is 0 Å². The Kier molecular flexibility index (Phi) is 6.90. The first-order valence-electron chi connectivity index (χ1n) is 10.8. The van der Waals surface area contributed by atoms with Gasteiger partial charge in [-0.3, -0.25) is 9.65 Å². The van der Waals surface area contributed by atoms with Crippen LogP contribution in [-0.2, 0) is 4.57 Å². The molecule has 3 nitrogen and oxygen atoms in total. The summed E-state index contributed by atoms with van der Waals surface area (Å²) in [6.45, 7) is 2.18. The summed E-state index contributed by atoms with van der Waals surface area (Å²) in [5.41, 5.74) is 2.25. The zero-order chi connectivity index (χ0) is 22.4. The van der Waals surface area contributed by atoms with Crippen LogP contribution in [0.1, 0.15) is 30.0 Å². The molecule has 4 aromatic carbocycles. The fourth-order valence-corrected chi connectivity index (χ4v) is 6.55. The highest BCUT2D eigenvalue weighted by atomic mass is 31.2. The van der Waals surface area contributed by atoms with E-state index in [-0.39, 0.29) is 12.0 Å². The molecule has 0 saturated heterocycles. The molecular formula is C28H28NO2P. The zero-order valence-electron chi connectivity index (χ0n) is 18.4. The first-order valence-corrected chi connectivity index (χ1v) is 12.5. The number of methoxy groups -OCH3 is 1. The second-order valence-corrected chi connectivity index (χ2v) is 10.4. The van der Waals surface area contributed by atoms with Crippen molar-refractivity contribution in [2.24, 2.45) is 0 Å². The van der Waals surface area contributed by atoms with Gasteiger partial charge < -0.3 is 4.74 Å². The van der Waals surface area contributed by atoms with Gasteiger partial charge in [0.25, 0.3) is 0 Å². The molecule has 4 rings (SSSR count). The maximum Gasteiger partial charge on any atom is 0.205 e. The molecule has 0 fully saturated rings. The second kappa shape index (κ2) is 9.99. The van der Waals surface area contributed by atoms with E-state index in [9.17, 15) is 4.57 Å². The molecule has 0 aliphatic heterocycles. The van der Waals surface area contributed by atoms with Crippen molar-refractivity contribution >= 4 is 17.9 Å². The Hall–Kier alpha value is -3.13. The Bertz CT molecular complexity index is 1120. The Labute approximate surface area is 190 Å². The summed E-state index contributed by atoms with van der Waals surface area (Å²) < 4.78 is 20.1. The summed E-state index contributed by atoms with van der Waals surface area (Å²) >= 11 is 0. The fraction of sp³-hybridized carbons (Fsp3) is 0.143. The minimum absolute atomic E-state index is 0.0883. The van der Waals surface area contributed by atoms with Crippen LogP contribution >= 0.6 is 7.29 Å². The van der Waals surface area contributed by atoms with Gasteiger partial charge in [0.05, 0.1) is 7.11 Å². The molecule has 0 saturated carbocycles. The molecular weight excluding hydrogens is 413 g/mol. The van der Waals surface area contributed by atoms with Crippen LogP contribution in [0.2, 0.25) is 0 Å². The Balaban J connectivity index is 1.82. The lowest BCUT2D eigenvalue weighted by Gasteiger charge is -2.31. The number of hydrogen-bond donors (Lipinski definition) is 1. The average Bonchev–Trinajstić information content (AvgIpc) is 2.88. The average molecular weight is 442 g/mol. The van der Waals surface area contributed by atoms with E-state index in [1.54, 1.807) is 7.11 Å². The van der Waals surface area contributed by atoms with Crippen molar-refractivity contribution in [3.05, 3.63) is 126 Å². The third-order valence-corrected chi connectivity index (χ3v) is 8.55. The maximum absolute atomic E-state index is 14.7. The lowest BCUT2D eigenvalue weighted by atomic mass is 9.89. The normalized spacial score (nSPS) is 13.3. The largest absolute Gasteiger partial charge is 0.497 e. The summed E-state index contributed by atoms with van der Waals surface area (Å²) in [7, 11) is -1.46. The fourth-order valence-electron chi connectivity index (χ4n) is 4.01. The van der Waals surface area contributed by atoms with Gasteiger partial charge in [0, 0.05) is 22.6 Å². The minimum atomic E-state index is -3.12. The first kappa shape index (κ1) is 22.1. The summed E-state index contributed by atoms with van der Waals surface area (Å²) in [5, 5.41) is 5.22. The van der Waals surface area contributed by atoms with Gasteiger partial charge in [-0.25, -0.2) is 0 Å². The molecule has 0 heterocycles. The SMILES string of the molecule is COc1ccc(C(NP(=O)(c2ccccc2)c2ccccc2)C(C)c2ccccc2)cc1. The van der Waals surface area contributed by atoms with E-state index < -0.39 is 7.29 Å². The monoisotopic (exact) mass is 441 g/mol. The van der Waals surface area contributed by atoms with Crippen molar-refractivity contribution in [2.75, 3.05) is 7.11 Å². The van der Waals surface area contributed by atoms with Gasteiger partial charge in [-0.2, -0.15) is 0 Å². The Morgan fingerprint density at radius 2 is 1.12 bits per heavy atom. The van der Waals surface area contributed by atoms with Crippen LogP contribution in [0.4, 0.5) is 0 Å². The van der Waals surface area contributed by atoms with E-state index in [1.165, 1.54) is 5.56 Å². The van der Waals surface area contributed by atoms with Crippen LogP contribution in [-0.4, -0.2) is 7.11 Å². The molecule has 0 radical (unpaired) electrons. The first-order chi connectivity index (χ1) is 15.6. The highest BCUT2D eigenvalue weighted by Gasteiger charge is 2.33. The quantitative estimate of drug-likeness (QED) is 0.338. The third-order valence-electron chi connectivity index (χ3n) is 5.86. The maximum atomic E-state index is 14.7. The highest BCUT2D eigenvalue weighted by Crippen LogP contribution is 2.45. The molecule has 2 atom stereocenters. The molecule has 0 bridgehead atoms. The van der Waals surface area contributed by atoms with Crippen molar-refractivity contribution < 1.29 is 9.30 Å². The Morgan fingerprint density at radius 1 is 0.656 bits per heavy atom. The number of nitrogens with one attached hydrogen (secondary N) is 1. The molecule has 0 spiro atoms. The topological polar surface area (TPSA) is 38.3 Å². The molecule has 2 unspecified atom stereocenters. The van der Waals surface area contributed by atoms with Crippen LogP contribution in [0.15, 0.2) is 115 Å². The van der Waals surface area contributed by atoms with Crippen molar-refractivity contribution in [1.82, 2.24) is 5.09 Å². The highest BCUT2D eigenvalue weighted by molar-refractivity contribution is 7.76. The molecule has 32 heavy (non-hydrogen) atoms. The second-order valence-electron chi connectivity index (χ2n) is 7.86. The lowest BCUT2D eigenvalue weighted by molar-refractivity contribution is 0.414. The summed E-state index contributed by atoms with van der Waals surface area (Å²) in [5.74, 6) is 0.888. The molecule has 4 aromatic rings. The number of rotatable bonds is 8. The van der Waals surface area contributed by atoms with Gasteiger partial charge in [-0.05, 0) is 47.5 Å². The molecule has 1 N–H and O–H groups in total. The van der Waals surface area contributed by atoms with E-state index in [0.717, 1.165) is 21.9 Å². The molecule has 4 heteroatoms. The van der Waals surface area contributed by atoms with E-state index in [2.05, 4.69) is 36.3 Å². The van der Waals surface area contributed by atoms with E-state index in [0.29, 0.717) is 0 Å². The van der Waals surface area contributed by atoms with Gasteiger partial charge in [-0.15, -0.1) is 0 Å². The van der Waals surface area contributed by atoms with E-state index in [4.69, 9.17) is 4.74 Å². The smallest absolute Gasteiger partial charge is 0.205 e. The number of ether oxygens (including phenoxy) is 1. The number of hydrogen-bond acceptors (Lipinski definition) is 2. The minimum Gasteiger partial charge on any atom is -0.497 e. The van der Waals surface area contributed by atoms with Gasteiger partial charge in [0.15, 0.2) is 0 Å². The summed E-state index contributed by atoms with van der Waals surface area (Å²) in [4.78, 5) is 0. The number of benzene rings is 4. The van der Waals surface area contributed by atoms with E-state index in [1.807, 2.05) is 91.0 Å². The summed E-state index contributed by atoms with van der Waals surface area (Å²) in [6, 6.07) is 37.6. The molecule has 162 valence electrons. The zero-order valence-corrected chi connectivity index (χ0v) is 19.3. The Morgan fingerprint density at radius 3 is 1.59 bits per heavy atom. The van der Waals surface area contributed by atoms with Crippen LogP contribution in [0.5, 0.6) is 5.75 Å². The van der Waals surface area contributed by atoms with Crippen molar-refractivity contribution in [3.8, 4) is 5.75 Å². The molecule has 0 amide bonds. The van der Waals surface area contributed by atoms with Crippen LogP contribution in [0.3, 0.4) is 0 Å². The standard InChI is InChI=1S/C28H28NO2P/c1-22(23-12-6-3-7-13-23)28(24-18-20-25(31-2)21-19-24)29-32(30,26-14-8-4-9-15-26)27-16-10-5-11-17-27/h3-22,28H,1-2H3,(H,29,30). The predicted octanol–water partition coefficient (Wildman–Crippen LogP) is 6.06. The predicted molar refractivity (Wildman–Crippen MR) is 133 cm³/mol. The molecule has 0 aromatic heterocycles. The van der Waals surface area contributed by atoms with Crippen molar-refractivity contribution in [1.29, 1.82) is 0 Å². The van der Waals surface area contributed by atoms with Crippen molar-refractivity contribution in [3.63, 3.8) is 0 Å². The molecule has 0 aliphatic rings. The van der Waals surface area contributed by atoms with Crippen LogP contribution in [0, 0.1) is 0 Å². The third kappa shape index (κ3) is 4.70.